The van der Waals surface area contributed by atoms with Gasteiger partial charge >= 0.3 is 0 Å². The summed E-state index contributed by atoms with van der Waals surface area (Å²) in [6.45, 7) is 4.70. The van der Waals surface area contributed by atoms with E-state index in [-0.39, 0.29) is 41.8 Å². The maximum atomic E-state index is 13.0. The van der Waals surface area contributed by atoms with Crippen molar-refractivity contribution in [2.75, 3.05) is 39.3 Å². The fraction of sp³-hybridized carbons (Fsp3) is 0.591. The van der Waals surface area contributed by atoms with Gasteiger partial charge in [0.2, 0.25) is 17.7 Å². The molecular weight excluding hydrogens is 384 g/mol. The van der Waals surface area contributed by atoms with Gasteiger partial charge in [0.25, 0.3) is 0 Å². The van der Waals surface area contributed by atoms with Gasteiger partial charge in [-0.15, -0.1) is 0 Å². The van der Waals surface area contributed by atoms with Crippen LogP contribution in [-0.2, 0) is 20.8 Å². The molecule has 8 heteroatoms. The number of nitrogens with one attached hydrogen (secondary N) is 1. The highest BCUT2D eigenvalue weighted by Crippen LogP contribution is 2.39. The van der Waals surface area contributed by atoms with Crippen LogP contribution < -0.4 is 5.32 Å². The Bertz CT molecular complexity index is 809. The Kier molecular flexibility index (Phi) is 5.79. The number of hydrogen-bond donors (Lipinski definition) is 2. The molecule has 0 bridgehead atoms. The summed E-state index contributed by atoms with van der Waals surface area (Å²) in [7, 11) is 0. The number of aliphatic hydroxyl groups is 1. The average molecular weight is 415 g/mol. The monoisotopic (exact) mass is 414 g/mol. The summed E-state index contributed by atoms with van der Waals surface area (Å²) < 4.78 is 0. The van der Waals surface area contributed by atoms with Gasteiger partial charge in [0, 0.05) is 58.7 Å². The van der Waals surface area contributed by atoms with E-state index in [0.717, 1.165) is 5.56 Å². The van der Waals surface area contributed by atoms with E-state index in [1.807, 2.05) is 35.2 Å². The van der Waals surface area contributed by atoms with E-state index in [0.29, 0.717) is 52.1 Å². The van der Waals surface area contributed by atoms with E-state index in [9.17, 15) is 19.5 Å². The van der Waals surface area contributed by atoms with Gasteiger partial charge in [-0.2, -0.15) is 0 Å². The van der Waals surface area contributed by atoms with Gasteiger partial charge in [-0.1, -0.05) is 30.3 Å². The van der Waals surface area contributed by atoms with E-state index >= 15 is 0 Å². The Morgan fingerprint density at radius 3 is 2.47 bits per heavy atom. The minimum absolute atomic E-state index is 0.0124. The summed E-state index contributed by atoms with van der Waals surface area (Å²) in [6.07, 6.45) is 0.914. The van der Waals surface area contributed by atoms with Crippen LogP contribution in [-0.4, -0.2) is 94.5 Å². The number of rotatable bonds is 5. The summed E-state index contributed by atoms with van der Waals surface area (Å²) in [5.74, 6) is -0.0351. The van der Waals surface area contributed by atoms with Crippen LogP contribution in [0.1, 0.15) is 25.3 Å². The van der Waals surface area contributed by atoms with Crippen LogP contribution >= 0.6 is 0 Å². The Morgan fingerprint density at radius 2 is 1.77 bits per heavy atom. The predicted octanol–water partition coefficient (Wildman–Crippen LogP) is -0.386. The molecule has 2 unspecified atom stereocenters. The van der Waals surface area contributed by atoms with Gasteiger partial charge in [0.15, 0.2) is 0 Å². The van der Waals surface area contributed by atoms with Gasteiger partial charge in [0.05, 0.1) is 18.1 Å². The summed E-state index contributed by atoms with van der Waals surface area (Å²) >= 11 is 0. The van der Waals surface area contributed by atoms with E-state index in [1.54, 1.807) is 4.90 Å². The standard InChI is InChI=1S/C22H30N4O4/c1-16(27)23-8-7-20(29)25-14-22(15-25)13-24(11-18-10-19(28)12-26(18)22)21(30)9-17-5-3-2-4-6-17/h2-6,18-19,28H,7-15H2,1H3,(H,23,27). The van der Waals surface area contributed by atoms with Crippen LogP contribution in [0.25, 0.3) is 0 Å². The Hall–Kier alpha value is -2.45. The normalized spacial score (nSPS) is 25.0. The maximum absolute atomic E-state index is 13.0. The molecule has 0 radical (unpaired) electrons. The molecule has 3 heterocycles. The maximum Gasteiger partial charge on any atom is 0.227 e. The molecule has 3 fully saturated rings. The molecule has 1 spiro atoms. The SMILES string of the molecule is CC(=O)NCCC(=O)N1CC2(CN(C(=O)Cc3ccccc3)CC3CC(O)CN32)C1. The zero-order valence-electron chi connectivity index (χ0n) is 17.4. The molecule has 2 N–H and O–H groups in total. The molecule has 0 aliphatic carbocycles. The van der Waals surface area contributed by atoms with Crippen LogP contribution in [0.3, 0.4) is 0 Å². The molecule has 3 saturated heterocycles. The molecule has 3 aliphatic heterocycles. The second-order valence-corrected chi connectivity index (χ2v) is 8.84. The lowest BCUT2D eigenvalue weighted by Gasteiger charge is -2.60. The predicted molar refractivity (Wildman–Crippen MR) is 110 cm³/mol. The molecule has 30 heavy (non-hydrogen) atoms. The lowest BCUT2D eigenvalue weighted by molar-refractivity contribution is -0.161. The number of likely N-dealkylation sites (tertiary alicyclic amines) is 1. The fourth-order valence-electron chi connectivity index (χ4n) is 5.11. The molecule has 0 aromatic heterocycles. The molecule has 3 amide bonds. The molecule has 4 rings (SSSR count). The number of carbonyl (C=O) groups is 3. The van der Waals surface area contributed by atoms with E-state index in [4.69, 9.17) is 0 Å². The van der Waals surface area contributed by atoms with Crippen LogP contribution in [0, 0.1) is 0 Å². The van der Waals surface area contributed by atoms with Crippen molar-refractivity contribution in [2.24, 2.45) is 0 Å². The molecule has 0 saturated carbocycles. The largest absolute Gasteiger partial charge is 0.392 e. The number of carbonyl (C=O) groups excluding carboxylic acids is 3. The fourth-order valence-corrected chi connectivity index (χ4v) is 5.11. The molecular formula is C22H30N4O4. The number of benzene rings is 1. The Morgan fingerprint density at radius 1 is 1.07 bits per heavy atom. The Balaban J connectivity index is 1.41. The van der Waals surface area contributed by atoms with Crippen molar-refractivity contribution >= 4 is 17.7 Å². The lowest BCUT2D eigenvalue weighted by atomic mass is 9.83. The first-order valence-electron chi connectivity index (χ1n) is 10.6. The molecule has 1 aromatic rings. The second-order valence-electron chi connectivity index (χ2n) is 8.84. The molecule has 1 aromatic carbocycles. The van der Waals surface area contributed by atoms with Crippen LogP contribution in [0.15, 0.2) is 30.3 Å². The molecule has 8 nitrogen and oxygen atoms in total. The Labute approximate surface area is 176 Å². The number of amides is 3. The van der Waals surface area contributed by atoms with E-state index in [2.05, 4.69) is 10.2 Å². The highest BCUT2D eigenvalue weighted by Gasteiger charge is 2.57. The van der Waals surface area contributed by atoms with Gasteiger partial charge in [-0.25, -0.2) is 0 Å². The lowest BCUT2D eigenvalue weighted by Crippen LogP contribution is -2.79. The first kappa shape index (κ1) is 20.8. The van der Waals surface area contributed by atoms with Crippen LogP contribution in [0.2, 0.25) is 0 Å². The molecule has 3 aliphatic rings. The first-order chi connectivity index (χ1) is 14.4. The van der Waals surface area contributed by atoms with E-state index in [1.165, 1.54) is 6.92 Å². The summed E-state index contributed by atoms with van der Waals surface area (Å²) in [6, 6.07) is 9.86. The zero-order chi connectivity index (χ0) is 21.3. The third-order valence-electron chi connectivity index (χ3n) is 6.50. The van der Waals surface area contributed by atoms with Crippen molar-refractivity contribution in [2.45, 2.75) is 43.9 Å². The molecule has 2 atom stereocenters. The van der Waals surface area contributed by atoms with Gasteiger partial charge < -0.3 is 20.2 Å². The van der Waals surface area contributed by atoms with Crippen LogP contribution in [0.5, 0.6) is 0 Å². The number of β-amino-alcohol motifs (C(OH)–C–C–N with tert-alkyl or cyclic N) is 1. The third-order valence-corrected chi connectivity index (χ3v) is 6.50. The number of nitrogens with zero attached hydrogens (tertiary/aromatic N) is 3. The summed E-state index contributed by atoms with van der Waals surface area (Å²) in [5.41, 5.74) is 0.713. The van der Waals surface area contributed by atoms with Crippen molar-refractivity contribution in [3.63, 3.8) is 0 Å². The number of piperazine rings is 1. The van der Waals surface area contributed by atoms with Crippen molar-refractivity contribution in [3.8, 4) is 0 Å². The van der Waals surface area contributed by atoms with Crippen molar-refractivity contribution in [1.29, 1.82) is 0 Å². The van der Waals surface area contributed by atoms with E-state index < -0.39 is 0 Å². The highest BCUT2D eigenvalue weighted by molar-refractivity contribution is 5.80. The van der Waals surface area contributed by atoms with Gasteiger partial charge in [-0.3, -0.25) is 19.3 Å². The van der Waals surface area contributed by atoms with Crippen molar-refractivity contribution in [3.05, 3.63) is 35.9 Å². The quantitative estimate of drug-likeness (QED) is 0.685. The first-order valence-corrected chi connectivity index (χ1v) is 10.6. The number of hydrogen-bond acceptors (Lipinski definition) is 5. The zero-order valence-corrected chi connectivity index (χ0v) is 17.4. The summed E-state index contributed by atoms with van der Waals surface area (Å²) in [4.78, 5) is 42.5. The summed E-state index contributed by atoms with van der Waals surface area (Å²) in [5, 5.41) is 12.9. The average Bonchev–Trinajstić information content (AvgIpc) is 3.06. The highest BCUT2D eigenvalue weighted by atomic mass is 16.3. The smallest absolute Gasteiger partial charge is 0.227 e. The minimum atomic E-state index is -0.388. The van der Waals surface area contributed by atoms with Gasteiger partial charge in [-0.05, 0) is 12.0 Å². The minimum Gasteiger partial charge on any atom is -0.392 e. The number of aliphatic hydroxyl groups excluding tert-OH is 1. The topological polar surface area (TPSA) is 93.2 Å². The molecule has 162 valence electrons. The van der Waals surface area contributed by atoms with Crippen molar-refractivity contribution in [1.82, 2.24) is 20.0 Å². The van der Waals surface area contributed by atoms with Gasteiger partial charge in [0.1, 0.15) is 0 Å². The van der Waals surface area contributed by atoms with Crippen LogP contribution in [0.4, 0.5) is 0 Å². The third kappa shape index (κ3) is 4.20. The second kappa shape index (κ2) is 8.35. The van der Waals surface area contributed by atoms with Crippen molar-refractivity contribution < 1.29 is 19.5 Å². The number of fused-ring (bicyclic) bond motifs is 2.